The Morgan fingerprint density at radius 1 is 1.06 bits per heavy atom. The SMILES string of the molecule is Fc1cccc(C2CC[CH]([Al])CC2)c1F.[Dy].[Re]. The fourth-order valence-electron chi connectivity index (χ4n) is 2.27. The minimum absolute atomic E-state index is 0. The Balaban J connectivity index is 0.00000128. The Hall–Kier alpha value is 1.55. The molecule has 3 radical (unpaired) electrons. The molecule has 1 aromatic rings. The molecule has 1 aromatic carbocycles. The maximum atomic E-state index is 13.5. The number of benzene rings is 1. The van der Waals surface area contributed by atoms with Crippen LogP contribution in [0.25, 0.3) is 0 Å². The van der Waals surface area contributed by atoms with E-state index in [0.29, 0.717) is 10.3 Å². The summed E-state index contributed by atoms with van der Waals surface area (Å²) in [6.45, 7) is 0. The van der Waals surface area contributed by atoms with Crippen molar-refractivity contribution in [1.82, 2.24) is 0 Å². The zero-order valence-electron chi connectivity index (χ0n) is 9.24. The molecule has 95 valence electrons. The van der Waals surface area contributed by atoms with Gasteiger partial charge < -0.3 is 0 Å². The Kier molecular flexibility index (Phi) is 9.45. The Bertz CT molecular complexity index is 354. The molecule has 2 rings (SSSR count). The topological polar surface area (TPSA) is 0 Å². The van der Waals surface area contributed by atoms with Crippen molar-refractivity contribution in [3.63, 3.8) is 0 Å². The van der Waals surface area contributed by atoms with E-state index in [-0.39, 0.29) is 64.5 Å². The van der Waals surface area contributed by atoms with Crippen LogP contribution in [0.4, 0.5) is 8.78 Å². The zero-order chi connectivity index (χ0) is 10.8. The van der Waals surface area contributed by atoms with Crippen LogP contribution >= 0.6 is 0 Å². The molecular formula is C12H13AlDyF2Re. The fraction of sp³-hybridized carbons (Fsp3) is 0.500. The smallest absolute Gasteiger partial charge is 0.162 e. The standard InChI is InChI=1S/C12H13F2.Al.Dy.Re/c13-11-8-4-7-10(12(11)14)9-5-2-1-3-6-9;;;/h1,4,7-9H,2-3,5-6H2;;;. The van der Waals surface area contributed by atoms with Crippen molar-refractivity contribution in [3.8, 4) is 0 Å². The van der Waals surface area contributed by atoms with Gasteiger partial charge in [-0.05, 0) is 30.4 Å². The summed E-state index contributed by atoms with van der Waals surface area (Å²) in [5, 5.41) is 0. The van der Waals surface area contributed by atoms with E-state index in [4.69, 9.17) is 0 Å². The van der Waals surface area contributed by atoms with E-state index in [1.165, 1.54) is 6.07 Å². The summed E-state index contributed by atoms with van der Waals surface area (Å²) in [6, 6.07) is 4.49. The molecule has 1 aliphatic carbocycles. The molecule has 0 saturated heterocycles. The van der Waals surface area contributed by atoms with Crippen molar-refractivity contribution >= 4 is 16.3 Å². The second kappa shape index (κ2) is 8.67. The van der Waals surface area contributed by atoms with Crippen LogP contribution in [0.15, 0.2) is 18.2 Å². The molecular weight excluding hydrogens is 558 g/mol. The van der Waals surface area contributed by atoms with Gasteiger partial charge in [0.15, 0.2) is 11.6 Å². The van der Waals surface area contributed by atoms with Gasteiger partial charge in [-0.2, -0.15) is 0 Å². The maximum absolute atomic E-state index is 13.5. The third-order valence-electron chi connectivity index (χ3n) is 3.19. The molecule has 0 bridgehead atoms. The van der Waals surface area contributed by atoms with Gasteiger partial charge in [-0.3, -0.25) is 0 Å². The molecule has 0 unspecified atom stereocenters. The van der Waals surface area contributed by atoms with Crippen molar-refractivity contribution in [2.45, 2.75) is 36.4 Å². The molecule has 0 spiro atoms. The summed E-state index contributed by atoms with van der Waals surface area (Å²) in [5.74, 6) is -1.16. The summed E-state index contributed by atoms with van der Waals surface area (Å²) in [4.78, 5) is 0. The van der Waals surface area contributed by atoms with Crippen LogP contribution in [-0.4, -0.2) is 16.3 Å². The first-order valence-electron chi connectivity index (χ1n) is 5.38. The molecule has 1 saturated carbocycles. The molecule has 17 heavy (non-hydrogen) atoms. The van der Waals surface area contributed by atoms with Gasteiger partial charge in [-0.25, -0.2) is 8.78 Å². The molecule has 0 atom stereocenters. The molecule has 5 heteroatoms. The van der Waals surface area contributed by atoms with Crippen LogP contribution in [0.5, 0.6) is 0 Å². The van der Waals surface area contributed by atoms with Crippen LogP contribution in [0.1, 0.15) is 37.2 Å². The van der Waals surface area contributed by atoms with Crippen molar-refractivity contribution in [2.75, 3.05) is 0 Å². The van der Waals surface area contributed by atoms with Crippen molar-refractivity contribution < 1.29 is 67.4 Å². The molecule has 0 heterocycles. The molecule has 0 aliphatic heterocycles. The Morgan fingerprint density at radius 2 is 1.65 bits per heavy atom. The van der Waals surface area contributed by atoms with Gasteiger partial charge in [-0.15, -0.1) is 4.78 Å². The molecule has 0 nitrogen and oxygen atoms in total. The Labute approximate surface area is 153 Å². The number of halogens is 2. The first-order chi connectivity index (χ1) is 7.18. The average molecular weight is 571 g/mol. The molecule has 0 amide bonds. The van der Waals surface area contributed by atoms with Gasteiger partial charge in [-0.1, -0.05) is 25.0 Å². The van der Waals surface area contributed by atoms with Crippen LogP contribution in [0.2, 0.25) is 4.78 Å². The largest absolute Gasteiger partial charge is 0.204 e. The van der Waals surface area contributed by atoms with Crippen LogP contribution in [-0.2, 0) is 20.4 Å². The minimum atomic E-state index is -0.722. The second-order valence-corrected chi connectivity index (χ2v) is 5.20. The normalized spacial score (nSPS) is 23.4. The maximum Gasteiger partial charge on any atom is 0.162 e. The van der Waals surface area contributed by atoms with Crippen LogP contribution in [0, 0.1) is 49.8 Å². The van der Waals surface area contributed by atoms with E-state index in [1.54, 1.807) is 12.1 Å². The molecule has 1 aliphatic rings. The summed E-state index contributed by atoms with van der Waals surface area (Å²) in [7, 11) is 0. The first-order valence-corrected chi connectivity index (χ1v) is 6.04. The van der Waals surface area contributed by atoms with E-state index in [2.05, 4.69) is 16.3 Å². The zero-order valence-corrected chi connectivity index (χ0v) is 15.1. The molecule has 1 fully saturated rings. The number of hydrogen-bond donors (Lipinski definition) is 0. The monoisotopic (exact) mass is 573 g/mol. The van der Waals surface area contributed by atoms with Crippen LogP contribution < -0.4 is 0 Å². The minimum Gasteiger partial charge on any atom is -0.204 e. The molecule has 0 aromatic heterocycles. The predicted octanol–water partition coefficient (Wildman–Crippen LogP) is 3.58. The molecule has 0 N–H and O–H groups in total. The van der Waals surface area contributed by atoms with E-state index in [0.717, 1.165) is 25.7 Å². The van der Waals surface area contributed by atoms with Gasteiger partial charge in [0.05, 0.1) is 0 Å². The van der Waals surface area contributed by atoms with Gasteiger partial charge in [0.1, 0.15) is 16.3 Å². The van der Waals surface area contributed by atoms with E-state index < -0.39 is 11.6 Å². The third kappa shape index (κ3) is 4.86. The third-order valence-corrected chi connectivity index (χ3v) is 3.86. The van der Waals surface area contributed by atoms with Gasteiger partial charge in [0.25, 0.3) is 0 Å². The van der Waals surface area contributed by atoms with E-state index in [1.807, 2.05) is 0 Å². The van der Waals surface area contributed by atoms with Crippen LogP contribution in [0.3, 0.4) is 0 Å². The van der Waals surface area contributed by atoms with E-state index >= 15 is 0 Å². The summed E-state index contributed by atoms with van der Waals surface area (Å²) in [6.07, 6.45) is 4.11. The van der Waals surface area contributed by atoms with Crippen molar-refractivity contribution in [1.29, 1.82) is 0 Å². The Morgan fingerprint density at radius 3 is 2.24 bits per heavy atom. The van der Waals surface area contributed by atoms with Gasteiger partial charge in [0.2, 0.25) is 0 Å². The fourth-order valence-corrected chi connectivity index (χ4v) is 2.65. The average Bonchev–Trinajstić information content (AvgIpc) is 2.24. The summed E-state index contributed by atoms with van der Waals surface area (Å²) >= 11 is 2.81. The summed E-state index contributed by atoms with van der Waals surface area (Å²) in [5.41, 5.74) is 0.562. The van der Waals surface area contributed by atoms with Crippen molar-refractivity contribution in [2.24, 2.45) is 0 Å². The number of rotatable bonds is 1. The van der Waals surface area contributed by atoms with Crippen molar-refractivity contribution in [3.05, 3.63) is 35.4 Å². The second-order valence-electron chi connectivity index (χ2n) is 4.25. The van der Waals surface area contributed by atoms with E-state index in [9.17, 15) is 8.78 Å². The predicted molar refractivity (Wildman–Crippen MR) is 57.1 cm³/mol. The quantitative estimate of drug-likeness (QED) is 0.453. The van der Waals surface area contributed by atoms with Gasteiger partial charge in [0, 0.05) is 58.6 Å². The number of hydrogen-bond acceptors (Lipinski definition) is 0. The van der Waals surface area contributed by atoms with Gasteiger partial charge >= 0.3 is 0 Å². The summed E-state index contributed by atoms with van der Waals surface area (Å²) < 4.78 is 27.2. The first kappa shape index (κ1) is 18.5.